The van der Waals surface area contributed by atoms with E-state index in [0.29, 0.717) is 16.4 Å². The predicted molar refractivity (Wildman–Crippen MR) is 124 cm³/mol. The number of amides is 1. The molecule has 0 saturated heterocycles. The van der Waals surface area contributed by atoms with Gasteiger partial charge >= 0.3 is 0 Å². The van der Waals surface area contributed by atoms with Crippen LogP contribution in [-0.2, 0) is 4.79 Å². The highest BCUT2D eigenvalue weighted by Crippen LogP contribution is 2.34. The lowest BCUT2D eigenvalue weighted by molar-refractivity contribution is -0.113. The highest BCUT2D eigenvalue weighted by molar-refractivity contribution is 8.00. The first-order valence-corrected chi connectivity index (χ1v) is 11.7. The maximum Gasteiger partial charge on any atom is 0.234 e. The van der Waals surface area contributed by atoms with Gasteiger partial charge in [0.25, 0.3) is 0 Å². The third-order valence-electron chi connectivity index (χ3n) is 4.14. The van der Waals surface area contributed by atoms with Crippen LogP contribution < -0.4 is 10.2 Å². The van der Waals surface area contributed by atoms with Crippen molar-refractivity contribution < 1.29 is 4.79 Å². The number of aryl methyl sites for hydroxylation is 1. The van der Waals surface area contributed by atoms with Crippen molar-refractivity contribution >= 4 is 61.8 Å². The number of carbonyl (C=O) groups is 1. The molecule has 0 aliphatic rings. The molecular weight excluding hydrogens is 426 g/mol. The third-order valence-corrected chi connectivity index (χ3v) is 6.69. The van der Waals surface area contributed by atoms with Crippen LogP contribution in [-0.4, -0.2) is 39.7 Å². The minimum atomic E-state index is -0.129. The summed E-state index contributed by atoms with van der Waals surface area (Å²) in [6, 6.07) is 5.56. The van der Waals surface area contributed by atoms with E-state index in [-0.39, 0.29) is 11.7 Å². The molecule has 154 valence electrons. The largest absolute Gasteiger partial charge is 0.348 e. The molecule has 0 aliphatic heterocycles. The van der Waals surface area contributed by atoms with Crippen LogP contribution >= 0.6 is 34.7 Å². The molecule has 1 N–H and O–H groups in total. The zero-order chi connectivity index (χ0) is 20.8. The van der Waals surface area contributed by atoms with Crippen LogP contribution in [0.5, 0.6) is 0 Å². The molecule has 1 aromatic carbocycles. The van der Waals surface area contributed by atoms with Crippen molar-refractivity contribution in [2.24, 2.45) is 0 Å². The van der Waals surface area contributed by atoms with Gasteiger partial charge in [0.2, 0.25) is 5.91 Å². The number of carbonyl (C=O) groups excluding carboxylic acids is 1. The monoisotopic (exact) mass is 449 g/mol. The molecule has 0 unspecified atom stereocenters. The molecule has 3 rings (SSSR count). The summed E-state index contributed by atoms with van der Waals surface area (Å²) in [5.74, 6) is 0.104. The van der Waals surface area contributed by atoms with E-state index in [2.05, 4.69) is 39.0 Å². The lowest BCUT2D eigenvalue weighted by atomic mass is 10.2. The van der Waals surface area contributed by atoms with Crippen molar-refractivity contribution in [2.75, 3.05) is 29.1 Å². The number of nitrogens with one attached hydrogen (secondary N) is 1. The maximum absolute atomic E-state index is 12.4. The highest BCUT2D eigenvalue weighted by atomic mass is 35.5. The molecule has 3 aromatic rings. The number of nitrogens with zero attached hydrogens (tertiary/aromatic N) is 4. The fraction of sp³-hybridized carbons (Fsp3) is 0.400. The Balaban J connectivity index is 1.72. The summed E-state index contributed by atoms with van der Waals surface area (Å²) in [5, 5.41) is 5.13. The number of aromatic nitrogens is 3. The van der Waals surface area contributed by atoms with E-state index < -0.39 is 0 Å². The Hall–Kier alpha value is -1.90. The number of hydrogen-bond acceptors (Lipinski definition) is 7. The Morgan fingerprint density at radius 2 is 2.00 bits per heavy atom. The minimum absolute atomic E-state index is 0.129. The Morgan fingerprint density at radius 3 is 2.69 bits per heavy atom. The summed E-state index contributed by atoms with van der Waals surface area (Å²) in [7, 11) is 0. The van der Waals surface area contributed by atoms with Gasteiger partial charge in [0.05, 0.1) is 16.5 Å². The van der Waals surface area contributed by atoms with Crippen LogP contribution in [0, 0.1) is 6.92 Å². The second-order valence-electron chi connectivity index (χ2n) is 6.64. The number of rotatable bonds is 9. The summed E-state index contributed by atoms with van der Waals surface area (Å²) < 4.78 is 0.922. The molecule has 0 saturated carbocycles. The van der Waals surface area contributed by atoms with E-state index in [9.17, 15) is 4.79 Å². The summed E-state index contributed by atoms with van der Waals surface area (Å²) in [4.78, 5) is 28.0. The van der Waals surface area contributed by atoms with E-state index in [0.717, 1.165) is 46.4 Å². The topological polar surface area (TPSA) is 71.0 Å². The Labute approximate surface area is 184 Å². The van der Waals surface area contributed by atoms with Crippen LogP contribution in [0.1, 0.15) is 32.3 Å². The maximum atomic E-state index is 12.4. The standard InChI is InChI=1S/C20H24ClN5OS2/c1-4-8-26(9-5-2)20-25-18-17(29-20)19(23-12-22-18)28-11-16(27)24-15-7-6-13(3)10-14(15)21/h6-7,10,12H,4-5,8-9,11H2,1-3H3,(H,24,27). The van der Waals surface area contributed by atoms with Gasteiger partial charge in [0.15, 0.2) is 10.8 Å². The average molecular weight is 450 g/mol. The normalized spacial score (nSPS) is 11.0. The van der Waals surface area contributed by atoms with Gasteiger partial charge in [-0.2, -0.15) is 4.98 Å². The van der Waals surface area contributed by atoms with E-state index in [1.807, 2.05) is 25.1 Å². The smallest absolute Gasteiger partial charge is 0.234 e. The molecule has 29 heavy (non-hydrogen) atoms. The molecule has 2 aromatic heterocycles. The van der Waals surface area contributed by atoms with Gasteiger partial charge in [0, 0.05) is 13.1 Å². The van der Waals surface area contributed by atoms with Crippen molar-refractivity contribution in [1.82, 2.24) is 15.0 Å². The minimum Gasteiger partial charge on any atom is -0.348 e. The van der Waals surface area contributed by atoms with Gasteiger partial charge in [-0.3, -0.25) is 4.79 Å². The van der Waals surface area contributed by atoms with E-state index >= 15 is 0 Å². The van der Waals surface area contributed by atoms with Gasteiger partial charge in [-0.15, -0.1) is 0 Å². The number of thiazole rings is 1. The van der Waals surface area contributed by atoms with Crippen molar-refractivity contribution in [3.63, 3.8) is 0 Å². The Bertz CT molecular complexity index is 988. The molecule has 0 radical (unpaired) electrons. The molecule has 0 spiro atoms. The van der Waals surface area contributed by atoms with Gasteiger partial charge in [-0.05, 0) is 37.5 Å². The van der Waals surface area contributed by atoms with E-state index in [1.165, 1.54) is 18.1 Å². The first-order valence-electron chi connectivity index (χ1n) is 9.57. The summed E-state index contributed by atoms with van der Waals surface area (Å²) >= 11 is 9.17. The number of fused-ring (bicyclic) bond motifs is 1. The van der Waals surface area contributed by atoms with Gasteiger partial charge in [-0.1, -0.05) is 54.6 Å². The van der Waals surface area contributed by atoms with Crippen molar-refractivity contribution in [1.29, 1.82) is 0 Å². The highest BCUT2D eigenvalue weighted by Gasteiger charge is 2.16. The molecular formula is C20H24ClN5OS2. The summed E-state index contributed by atoms with van der Waals surface area (Å²) in [6.45, 7) is 8.21. The molecule has 0 atom stereocenters. The molecule has 0 aliphatic carbocycles. The SMILES string of the molecule is CCCN(CCC)c1nc2ncnc(SCC(=O)Nc3ccc(C)cc3Cl)c2s1. The van der Waals surface area contributed by atoms with Crippen molar-refractivity contribution in [2.45, 2.75) is 38.6 Å². The molecule has 0 fully saturated rings. The van der Waals surface area contributed by atoms with Gasteiger partial charge < -0.3 is 10.2 Å². The Kier molecular flexibility index (Phi) is 7.69. The lowest BCUT2D eigenvalue weighted by Crippen LogP contribution is -2.24. The second-order valence-corrected chi connectivity index (χ2v) is 8.98. The van der Waals surface area contributed by atoms with Crippen LogP contribution in [0.2, 0.25) is 5.02 Å². The van der Waals surface area contributed by atoms with Crippen LogP contribution in [0.3, 0.4) is 0 Å². The number of benzene rings is 1. The number of halogens is 1. The summed E-state index contributed by atoms with van der Waals surface area (Å²) in [6.07, 6.45) is 3.63. The molecule has 1 amide bonds. The van der Waals surface area contributed by atoms with Crippen LogP contribution in [0.4, 0.5) is 10.8 Å². The van der Waals surface area contributed by atoms with Gasteiger partial charge in [0.1, 0.15) is 16.1 Å². The molecule has 0 bridgehead atoms. The average Bonchev–Trinajstić information content (AvgIpc) is 3.13. The predicted octanol–water partition coefficient (Wildman–Crippen LogP) is 5.41. The zero-order valence-corrected chi connectivity index (χ0v) is 19.1. The fourth-order valence-electron chi connectivity index (χ4n) is 2.85. The van der Waals surface area contributed by atoms with Crippen LogP contribution in [0.15, 0.2) is 29.6 Å². The van der Waals surface area contributed by atoms with Crippen molar-refractivity contribution in [3.05, 3.63) is 35.1 Å². The Morgan fingerprint density at radius 1 is 1.24 bits per heavy atom. The molecule has 6 nitrogen and oxygen atoms in total. The summed E-state index contributed by atoms with van der Waals surface area (Å²) in [5.41, 5.74) is 2.35. The number of thioether (sulfide) groups is 1. The first-order chi connectivity index (χ1) is 14.0. The van der Waals surface area contributed by atoms with Crippen LogP contribution in [0.25, 0.3) is 10.3 Å². The quantitative estimate of drug-likeness (QED) is 0.348. The molecule has 2 heterocycles. The first kappa shape index (κ1) is 21.8. The van der Waals surface area contributed by atoms with E-state index in [4.69, 9.17) is 11.6 Å². The second kappa shape index (κ2) is 10.2. The zero-order valence-electron chi connectivity index (χ0n) is 16.7. The van der Waals surface area contributed by atoms with Gasteiger partial charge in [-0.25, -0.2) is 9.97 Å². The third kappa shape index (κ3) is 5.58. The lowest BCUT2D eigenvalue weighted by Gasteiger charge is -2.19. The van der Waals surface area contributed by atoms with E-state index in [1.54, 1.807) is 11.3 Å². The fourth-order valence-corrected chi connectivity index (χ4v) is 5.07. The van der Waals surface area contributed by atoms with Crippen molar-refractivity contribution in [3.8, 4) is 0 Å². The number of hydrogen-bond donors (Lipinski definition) is 1. The molecule has 9 heteroatoms. The number of anilines is 2.